The van der Waals surface area contributed by atoms with Crippen molar-refractivity contribution < 1.29 is 4.98 Å². The molecule has 0 saturated heterocycles. The van der Waals surface area contributed by atoms with E-state index in [9.17, 15) is 0 Å². The maximum Gasteiger partial charge on any atom is 0.193 e. The molecule has 2 heteroatoms. The molecule has 2 nitrogen and oxygen atoms in total. The van der Waals surface area contributed by atoms with Crippen LogP contribution in [-0.4, -0.2) is 0 Å². The smallest absolute Gasteiger partial charge is 0.193 e. The van der Waals surface area contributed by atoms with E-state index in [0.29, 0.717) is 0 Å². The highest BCUT2D eigenvalue weighted by Gasteiger charge is 1.90. The van der Waals surface area contributed by atoms with Gasteiger partial charge in [-0.15, -0.1) is 0 Å². The number of fused-ring (bicyclic) bond motifs is 1. The number of H-pyrrole nitrogens is 1. The van der Waals surface area contributed by atoms with Gasteiger partial charge in [0.05, 0.1) is 0 Å². The Morgan fingerprint density at radius 1 is 1.33 bits per heavy atom. The Hall–Kier alpha value is -1.44. The lowest BCUT2D eigenvalue weighted by Gasteiger charge is -1.90. The number of hydrogen-bond donors (Lipinski definition) is 0. The van der Waals surface area contributed by atoms with Crippen molar-refractivity contribution in [1.29, 1.82) is 0 Å². The van der Waals surface area contributed by atoms with Crippen LogP contribution in [0.2, 0.25) is 0 Å². The van der Waals surface area contributed by atoms with E-state index in [1.165, 1.54) is 5.22 Å². The molecule has 0 aromatic carbocycles. The van der Waals surface area contributed by atoms with Gasteiger partial charge in [-0.2, -0.15) is 0 Å². The zero-order valence-corrected chi connectivity index (χ0v) is 6.83. The van der Waals surface area contributed by atoms with E-state index in [1.54, 1.807) is 0 Å². The van der Waals surface area contributed by atoms with E-state index in [0.717, 1.165) is 18.2 Å². The molecule has 2 rings (SSSR count). The molecule has 0 bridgehead atoms. The third-order valence-corrected chi connectivity index (χ3v) is 1.89. The molecule has 1 N–H and O–H groups in total. The van der Waals surface area contributed by atoms with Gasteiger partial charge in [-0.25, -0.2) is 4.98 Å². The molecule has 1 aliphatic rings. The summed E-state index contributed by atoms with van der Waals surface area (Å²) in [5.41, 5.74) is 0. The van der Waals surface area contributed by atoms with Crippen LogP contribution in [-0.2, 0) is 0 Å². The van der Waals surface area contributed by atoms with Crippen LogP contribution in [0.3, 0.4) is 0 Å². The van der Waals surface area contributed by atoms with Gasteiger partial charge >= 0.3 is 0 Å². The number of aromatic amines is 1. The predicted molar refractivity (Wildman–Crippen MR) is 46.6 cm³/mol. The van der Waals surface area contributed by atoms with Gasteiger partial charge in [0.2, 0.25) is 0 Å². The normalized spacial score (nSPS) is 15.0. The second kappa shape index (κ2) is 3.30. The van der Waals surface area contributed by atoms with E-state index in [-0.39, 0.29) is 0 Å². The van der Waals surface area contributed by atoms with Crippen molar-refractivity contribution >= 4 is 6.08 Å². The highest BCUT2D eigenvalue weighted by Crippen LogP contribution is 1.92. The lowest BCUT2D eigenvalue weighted by Crippen LogP contribution is -2.29. The van der Waals surface area contributed by atoms with E-state index in [4.69, 9.17) is 0 Å². The highest BCUT2D eigenvalue weighted by molar-refractivity contribution is 5.22. The summed E-state index contributed by atoms with van der Waals surface area (Å²) >= 11 is 0. The van der Waals surface area contributed by atoms with Gasteiger partial charge in [-0.1, -0.05) is 12.2 Å². The van der Waals surface area contributed by atoms with Crippen molar-refractivity contribution in [1.82, 2.24) is 0 Å². The Labute approximate surface area is 71.0 Å². The summed E-state index contributed by atoms with van der Waals surface area (Å²) < 4.78 is 0. The maximum absolute atomic E-state index is 4.30. The van der Waals surface area contributed by atoms with E-state index >= 15 is 0 Å². The minimum Gasteiger partial charge on any atom is -0.250 e. The van der Waals surface area contributed by atoms with E-state index in [1.807, 2.05) is 18.6 Å². The molecule has 0 unspecified atom stereocenters. The van der Waals surface area contributed by atoms with Crippen molar-refractivity contribution in [3.05, 3.63) is 41.3 Å². The minimum absolute atomic E-state index is 1.02. The van der Waals surface area contributed by atoms with Gasteiger partial charge in [-0.05, 0) is 12.8 Å². The molecule has 0 saturated carbocycles. The molecule has 1 aliphatic heterocycles. The third-order valence-electron chi connectivity index (χ3n) is 1.89. The van der Waals surface area contributed by atoms with Gasteiger partial charge < -0.3 is 0 Å². The molecule has 12 heavy (non-hydrogen) atoms. The number of pyridine rings is 1. The largest absolute Gasteiger partial charge is 0.250 e. The fraction of sp³-hybridized carbons (Fsp3) is 0.200. The van der Waals surface area contributed by atoms with Crippen LogP contribution < -0.4 is 15.6 Å². The fourth-order valence-electron chi connectivity index (χ4n) is 1.26. The molecule has 0 amide bonds. The van der Waals surface area contributed by atoms with Crippen molar-refractivity contribution in [2.24, 2.45) is 4.99 Å². The van der Waals surface area contributed by atoms with E-state index in [2.05, 4.69) is 28.2 Å². The molecule has 1 aromatic rings. The summed E-state index contributed by atoms with van der Waals surface area (Å²) in [6, 6.07) is 2.05. The quantitative estimate of drug-likeness (QED) is 0.517. The Kier molecular flexibility index (Phi) is 1.99. The molecule has 0 aliphatic carbocycles. The molecule has 0 spiro atoms. The van der Waals surface area contributed by atoms with Crippen LogP contribution in [0, 0.1) is 0 Å². The first kappa shape index (κ1) is 7.22. The number of hydrogen-bond acceptors (Lipinski definition) is 1. The molecule has 0 fully saturated rings. The first-order valence-corrected chi connectivity index (χ1v) is 4.16. The van der Waals surface area contributed by atoms with Gasteiger partial charge in [-0.3, -0.25) is 4.99 Å². The zero-order valence-electron chi connectivity index (χ0n) is 6.83. The summed E-state index contributed by atoms with van der Waals surface area (Å²) in [5.74, 6) is 0. The Morgan fingerprint density at radius 3 is 3.33 bits per heavy atom. The topological polar surface area (TPSA) is 26.5 Å². The van der Waals surface area contributed by atoms with Gasteiger partial charge in [0.15, 0.2) is 12.4 Å². The Balaban J connectivity index is 2.71. The number of allylic oxidation sites excluding steroid dienone is 1. The maximum atomic E-state index is 4.30. The molecule has 60 valence electrons. The lowest BCUT2D eigenvalue weighted by molar-refractivity contribution is -0.379. The highest BCUT2D eigenvalue weighted by atomic mass is 14.7. The average molecular weight is 159 g/mol. The molecular weight excluding hydrogens is 148 g/mol. The lowest BCUT2D eigenvalue weighted by atomic mass is 10.2. The monoisotopic (exact) mass is 159 g/mol. The summed E-state index contributed by atoms with van der Waals surface area (Å²) in [4.78, 5) is 7.32. The van der Waals surface area contributed by atoms with Crippen LogP contribution in [0.5, 0.6) is 0 Å². The van der Waals surface area contributed by atoms with Crippen LogP contribution in [0.4, 0.5) is 0 Å². The standard InChI is InChI=1S/C10H10N2/c1-2-4-9-5-7-11-8-10(9)12-6-3-1/h3-8H,1-2H2/p+1. The minimum atomic E-state index is 1.02. The molecule has 2 heterocycles. The number of aromatic nitrogens is 1. The average Bonchev–Trinajstić information content (AvgIpc) is 2.06. The molecule has 1 aromatic heterocycles. The fourth-order valence-corrected chi connectivity index (χ4v) is 1.26. The van der Waals surface area contributed by atoms with Crippen molar-refractivity contribution in [2.45, 2.75) is 12.8 Å². The van der Waals surface area contributed by atoms with Gasteiger partial charge in [0, 0.05) is 17.5 Å². The van der Waals surface area contributed by atoms with Crippen LogP contribution >= 0.6 is 0 Å². The van der Waals surface area contributed by atoms with Crippen molar-refractivity contribution in [3.63, 3.8) is 0 Å². The number of rotatable bonds is 0. The number of nitrogens with zero attached hydrogens (tertiary/aromatic N) is 1. The van der Waals surface area contributed by atoms with Crippen LogP contribution in [0.15, 0.2) is 35.7 Å². The molecule has 0 radical (unpaired) electrons. The summed E-state index contributed by atoms with van der Waals surface area (Å²) in [7, 11) is 0. The Morgan fingerprint density at radius 2 is 2.33 bits per heavy atom. The van der Waals surface area contributed by atoms with Gasteiger partial charge in [0.1, 0.15) is 5.36 Å². The Bertz CT molecular complexity index is 404. The third kappa shape index (κ3) is 1.42. The second-order valence-electron chi connectivity index (χ2n) is 2.78. The summed E-state index contributed by atoms with van der Waals surface area (Å²) in [5, 5.41) is 2.24. The number of nitrogens with one attached hydrogen (secondary N) is 1. The molecule has 0 atom stereocenters. The first-order chi connectivity index (χ1) is 5.97. The van der Waals surface area contributed by atoms with Crippen molar-refractivity contribution in [2.75, 3.05) is 0 Å². The SMILES string of the molecule is C1=CN=c2c[nH+]ccc2=CCC1. The van der Waals surface area contributed by atoms with Crippen LogP contribution in [0.25, 0.3) is 6.08 Å². The van der Waals surface area contributed by atoms with Gasteiger partial charge in [0.25, 0.3) is 0 Å². The second-order valence-corrected chi connectivity index (χ2v) is 2.78. The summed E-state index contributed by atoms with van der Waals surface area (Å²) in [6.07, 6.45) is 12.2. The predicted octanol–water partition coefficient (Wildman–Crippen LogP) is 0.208. The summed E-state index contributed by atoms with van der Waals surface area (Å²) in [6.45, 7) is 0. The van der Waals surface area contributed by atoms with Crippen molar-refractivity contribution in [3.8, 4) is 0 Å². The van der Waals surface area contributed by atoms with E-state index < -0.39 is 0 Å². The first-order valence-electron chi connectivity index (χ1n) is 4.16. The van der Waals surface area contributed by atoms with Crippen LogP contribution in [0.1, 0.15) is 12.8 Å². The molecular formula is C10H11N2+. The zero-order chi connectivity index (χ0) is 8.23.